The third-order valence-corrected chi connectivity index (χ3v) is 3.35. The van der Waals surface area contributed by atoms with Crippen LogP contribution >= 0.6 is 11.3 Å². The van der Waals surface area contributed by atoms with Crippen LogP contribution in [0.15, 0.2) is 18.5 Å². The van der Waals surface area contributed by atoms with Crippen LogP contribution in [0.4, 0.5) is 0 Å². The minimum Gasteiger partial charge on any atom is -0.308 e. The molecule has 0 bridgehead atoms. The molecule has 0 atom stereocenters. The minimum absolute atomic E-state index is 0.866. The lowest BCUT2D eigenvalue weighted by molar-refractivity contribution is 0.693. The number of hydrogen-bond donors (Lipinski definition) is 2. The highest BCUT2D eigenvalue weighted by Crippen LogP contribution is 2.20. The molecule has 0 unspecified atom stereocenters. The predicted octanol–water partition coefficient (Wildman–Crippen LogP) is 2.38. The molecule has 2 N–H and O–H groups in total. The number of hydrogen-bond acceptors (Lipinski definition) is 3. The van der Waals surface area contributed by atoms with Crippen LogP contribution < -0.4 is 5.32 Å². The van der Waals surface area contributed by atoms with Gasteiger partial charge in [0.25, 0.3) is 0 Å². The summed E-state index contributed by atoms with van der Waals surface area (Å²) in [6.07, 6.45) is 3.76. The van der Waals surface area contributed by atoms with Crippen LogP contribution in [0.1, 0.15) is 20.9 Å². The number of aromatic nitrogens is 2. The summed E-state index contributed by atoms with van der Waals surface area (Å²) in [4.78, 5) is 2.79. The van der Waals surface area contributed by atoms with Crippen molar-refractivity contribution in [2.45, 2.75) is 26.9 Å². The van der Waals surface area contributed by atoms with E-state index in [1.165, 1.54) is 20.9 Å². The van der Waals surface area contributed by atoms with E-state index in [1.54, 1.807) is 0 Å². The molecule has 0 saturated heterocycles. The quantitative estimate of drug-likeness (QED) is 0.832. The predicted molar refractivity (Wildman–Crippen MR) is 62.9 cm³/mol. The summed E-state index contributed by atoms with van der Waals surface area (Å²) in [6, 6.07) is 2.25. The monoisotopic (exact) mass is 221 g/mol. The second-order valence-electron chi connectivity index (χ2n) is 3.65. The summed E-state index contributed by atoms with van der Waals surface area (Å²) in [5.74, 6) is 0. The maximum atomic E-state index is 3.91. The van der Waals surface area contributed by atoms with E-state index >= 15 is 0 Å². The van der Waals surface area contributed by atoms with Crippen LogP contribution in [-0.2, 0) is 13.1 Å². The Kier molecular flexibility index (Phi) is 3.18. The summed E-state index contributed by atoms with van der Waals surface area (Å²) in [7, 11) is 0. The van der Waals surface area contributed by atoms with Crippen molar-refractivity contribution in [3.8, 4) is 0 Å². The molecule has 15 heavy (non-hydrogen) atoms. The van der Waals surface area contributed by atoms with Gasteiger partial charge in [0.05, 0.1) is 6.20 Å². The number of thiophene rings is 1. The summed E-state index contributed by atoms with van der Waals surface area (Å²) in [5.41, 5.74) is 2.60. The molecule has 2 heterocycles. The SMILES string of the molecule is Cc1cc(CNCc2cn[nH]c2)c(C)s1. The van der Waals surface area contributed by atoms with Gasteiger partial charge in [-0.25, -0.2) is 0 Å². The Morgan fingerprint density at radius 3 is 2.87 bits per heavy atom. The van der Waals surface area contributed by atoms with Gasteiger partial charge < -0.3 is 5.32 Å². The lowest BCUT2D eigenvalue weighted by Crippen LogP contribution is -2.12. The van der Waals surface area contributed by atoms with E-state index < -0.39 is 0 Å². The van der Waals surface area contributed by atoms with Gasteiger partial charge in [-0.15, -0.1) is 11.3 Å². The highest BCUT2D eigenvalue weighted by Gasteiger charge is 2.02. The molecule has 0 aromatic carbocycles. The van der Waals surface area contributed by atoms with Crippen molar-refractivity contribution in [1.82, 2.24) is 15.5 Å². The van der Waals surface area contributed by atoms with E-state index in [2.05, 4.69) is 35.4 Å². The van der Waals surface area contributed by atoms with Crippen LogP contribution in [0.25, 0.3) is 0 Å². The first-order valence-corrected chi connectivity index (χ1v) is 5.81. The first kappa shape index (κ1) is 10.4. The Morgan fingerprint density at radius 1 is 1.40 bits per heavy atom. The largest absolute Gasteiger partial charge is 0.308 e. The van der Waals surface area contributed by atoms with Gasteiger partial charge in [0.15, 0.2) is 0 Å². The highest BCUT2D eigenvalue weighted by molar-refractivity contribution is 7.12. The summed E-state index contributed by atoms with van der Waals surface area (Å²) < 4.78 is 0. The fourth-order valence-corrected chi connectivity index (χ4v) is 2.52. The Balaban J connectivity index is 1.86. The minimum atomic E-state index is 0.866. The van der Waals surface area contributed by atoms with Crippen molar-refractivity contribution < 1.29 is 0 Å². The van der Waals surface area contributed by atoms with Crippen LogP contribution in [0.2, 0.25) is 0 Å². The van der Waals surface area contributed by atoms with Crippen LogP contribution in [-0.4, -0.2) is 10.2 Å². The third kappa shape index (κ3) is 2.67. The lowest BCUT2D eigenvalue weighted by Gasteiger charge is -2.01. The van der Waals surface area contributed by atoms with Crippen molar-refractivity contribution >= 4 is 11.3 Å². The summed E-state index contributed by atoms with van der Waals surface area (Å²) in [5, 5.41) is 10.1. The van der Waals surface area contributed by atoms with Gasteiger partial charge in [-0.1, -0.05) is 0 Å². The third-order valence-electron chi connectivity index (χ3n) is 2.34. The molecular formula is C11H15N3S. The van der Waals surface area contributed by atoms with Gasteiger partial charge >= 0.3 is 0 Å². The van der Waals surface area contributed by atoms with Gasteiger partial charge in [-0.3, -0.25) is 5.10 Å². The number of H-pyrrole nitrogens is 1. The van der Waals surface area contributed by atoms with Crippen molar-refractivity contribution in [1.29, 1.82) is 0 Å². The molecule has 2 aromatic rings. The van der Waals surface area contributed by atoms with E-state index in [4.69, 9.17) is 0 Å². The summed E-state index contributed by atoms with van der Waals surface area (Å²) >= 11 is 1.86. The Hall–Kier alpha value is -1.13. The second-order valence-corrected chi connectivity index (χ2v) is 5.11. The molecule has 0 aliphatic rings. The van der Waals surface area contributed by atoms with E-state index in [9.17, 15) is 0 Å². The average Bonchev–Trinajstić information content (AvgIpc) is 2.77. The molecular weight excluding hydrogens is 206 g/mol. The number of nitrogens with zero attached hydrogens (tertiary/aromatic N) is 1. The molecule has 4 heteroatoms. The Morgan fingerprint density at radius 2 is 2.27 bits per heavy atom. The van der Waals surface area contributed by atoms with Gasteiger partial charge in [-0.05, 0) is 25.5 Å². The maximum Gasteiger partial charge on any atom is 0.0532 e. The Bertz CT molecular complexity index is 417. The fourth-order valence-electron chi connectivity index (χ4n) is 1.57. The van der Waals surface area contributed by atoms with Gasteiger partial charge in [-0.2, -0.15) is 5.10 Å². The van der Waals surface area contributed by atoms with Crippen molar-refractivity contribution in [3.63, 3.8) is 0 Å². The first-order valence-electron chi connectivity index (χ1n) is 5.00. The molecule has 0 aliphatic carbocycles. The fraction of sp³-hybridized carbons (Fsp3) is 0.364. The smallest absolute Gasteiger partial charge is 0.0532 e. The molecule has 2 rings (SSSR count). The van der Waals surface area contributed by atoms with Crippen molar-refractivity contribution in [3.05, 3.63) is 39.3 Å². The normalized spacial score (nSPS) is 10.8. The number of aryl methyl sites for hydroxylation is 2. The molecule has 0 saturated carbocycles. The number of aromatic amines is 1. The van der Waals surface area contributed by atoms with Crippen LogP contribution in [0, 0.1) is 13.8 Å². The van der Waals surface area contributed by atoms with E-state index in [-0.39, 0.29) is 0 Å². The highest BCUT2D eigenvalue weighted by atomic mass is 32.1. The molecule has 80 valence electrons. The van der Waals surface area contributed by atoms with E-state index in [0.717, 1.165) is 13.1 Å². The van der Waals surface area contributed by atoms with Crippen molar-refractivity contribution in [2.75, 3.05) is 0 Å². The Labute approximate surface area is 93.5 Å². The summed E-state index contributed by atoms with van der Waals surface area (Å²) in [6.45, 7) is 6.12. The molecule has 3 nitrogen and oxygen atoms in total. The van der Waals surface area contributed by atoms with Crippen LogP contribution in [0.3, 0.4) is 0 Å². The standard InChI is InChI=1S/C11H15N3S/c1-8-3-11(9(2)15-8)7-12-4-10-5-13-14-6-10/h3,5-6,12H,4,7H2,1-2H3,(H,13,14). The molecule has 0 aliphatic heterocycles. The zero-order valence-electron chi connectivity index (χ0n) is 9.00. The second kappa shape index (κ2) is 4.59. The van der Waals surface area contributed by atoms with Gasteiger partial charge in [0.1, 0.15) is 0 Å². The van der Waals surface area contributed by atoms with Gasteiger partial charge in [0.2, 0.25) is 0 Å². The maximum absolute atomic E-state index is 3.91. The molecule has 0 amide bonds. The average molecular weight is 221 g/mol. The number of nitrogens with one attached hydrogen (secondary N) is 2. The topological polar surface area (TPSA) is 40.7 Å². The van der Waals surface area contributed by atoms with Crippen molar-refractivity contribution in [2.24, 2.45) is 0 Å². The van der Waals surface area contributed by atoms with Crippen LogP contribution in [0.5, 0.6) is 0 Å². The molecule has 2 aromatic heterocycles. The molecule has 0 radical (unpaired) electrons. The molecule has 0 fully saturated rings. The van der Waals surface area contributed by atoms with E-state index in [1.807, 2.05) is 23.7 Å². The number of rotatable bonds is 4. The zero-order valence-corrected chi connectivity index (χ0v) is 9.82. The van der Waals surface area contributed by atoms with Gasteiger partial charge in [0, 0.05) is 34.6 Å². The van der Waals surface area contributed by atoms with E-state index in [0.29, 0.717) is 0 Å². The first-order chi connectivity index (χ1) is 7.25. The zero-order chi connectivity index (χ0) is 10.7. The lowest BCUT2D eigenvalue weighted by atomic mass is 10.2. The molecule has 0 spiro atoms.